The van der Waals surface area contributed by atoms with Crippen molar-refractivity contribution < 1.29 is 8.42 Å². The molecule has 0 saturated carbocycles. The minimum Gasteiger partial charge on any atom is -0.221 e. The molecule has 0 aliphatic carbocycles. The van der Waals surface area contributed by atoms with Crippen LogP contribution in [-0.4, -0.2) is 24.9 Å². The summed E-state index contributed by atoms with van der Waals surface area (Å²) in [5.74, 6) is 0.681. The molecule has 1 aromatic carbocycles. The monoisotopic (exact) mass is 328 g/mol. The second-order valence-corrected chi connectivity index (χ2v) is 8.80. The van der Waals surface area contributed by atoms with Crippen molar-refractivity contribution in [3.8, 4) is 0 Å². The van der Waals surface area contributed by atoms with Gasteiger partial charge in [-0.1, -0.05) is 48.6 Å². The van der Waals surface area contributed by atoms with Crippen LogP contribution in [0.4, 0.5) is 0 Å². The topological polar surface area (TPSA) is 59.9 Å². The van der Waals surface area contributed by atoms with E-state index in [-0.39, 0.29) is 4.34 Å². The lowest BCUT2D eigenvalue weighted by Crippen LogP contribution is -1.95. The molecule has 0 aliphatic heterocycles. The fraction of sp³-hybridized carbons (Fsp3) is 0.385. The van der Waals surface area contributed by atoms with Crippen LogP contribution in [0.2, 0.25) is 0 Å². The van der Waals surface area contributed by atoms with Gasteiger partial charge in [-0.05, 0) is 12.0 Å². The molecule has 1 unspecified atom stereocenters. The minimum atomic E-state index is -3.24. The number of benzene rings is 1. The maximum absolute atomic E-state index is 11.4. The van der Waals surface area contributed by atoms with E-state index in [0.717, 1.165) is 29.0 Å². The highest BCUT2D eigenvalue weighted by Crippen LogP contribution is 2.34. The van der Waals surface area contributed by atoms with Gasteiger partial charge in [0.1, 0.15) is 5.01 Å². The minimum absolute atomic E-state index is 0.0980. The van der Waals surface area contributed by atoms with E-state index < -0.39 is 9.84 Å². The van der Waals surface area contributed by atoms with Crippen molar-refractivity contribution in [2.75, 3.05) is 6.26 Å². The maximum atomic E-state index is 11.4. The van der Waals surface area contributed by atoms with E-state index >= 15 is 0 Å². The normalized spacial score (nSPS) is 13.3. The van der Waals surface area contributed by atoms with Crippen molar-refractivity contribution in [1.29, 1.82) is 0 Å². The van der Waals surface area contributed by atoms with Gasteiger partial charge < -0.3 is 0 Å². The highest BCUT2D eigenvalue weighted by molar-refractivity contribution is 7.98. The van der Waals surface area contributed by atoms with E-state index in [1.54, 1.807) is 11.8 Å². The smallest absolute Gasteiger partial charge is 0.221 e. The zero-order valence-electron chi connectivity index (χ0n) is 11.3. The van der Waals surface area contributed by atoms with Crippen molar-refractivity contribution in [2.24, 2.45) is 0 Å². The number of thioether (sulfide) groups is 1. The molecule has 108 valence electrons. The Kier molecular flexibility index (Phi) is 5.17. The molecule has 0 radical (unpaired) electrons. The molecule has 20 heavy (non-hydrogen) atoms. The summed E-state index contributed by atoms with van der Waals surface area (Å²) < 4.78 is 22.8. The van der Waals surface area contributed by atoms with Gasteiger partial charge in [0.25, 0.3) is 0 Å². The Morgan fingerprint density at radius 2 is 1.95 bits per heavy atom. The van der Waals surface area contributed by atoms with E-state index in [2.05, 4.69) is 29.3 Å². The molecule has 2 rings (SSSR count). The van der Waals surface area contributed by atoms with Gasteiger partial charge in [-0.15, -0.1) is 22.0 Å². The number of rotatable bonds is 6. The van der Waals surface area contributed by atoms with Gasteiger partial charge in [-0.3, -0.25) is 0 Å². The van der Waals surface area contributed by atoms with E-state index in [0.29, 0.717) is 11.0 Å². The molecule has 0 aliphatic rings. The zero-order chi connectivity index (χ0) is 14.6. The van der Waals surface area contributed by atoms with Crippen molar-refractivity contribution in [2.45, 2.75) is 28.7 Å². The summed E-state index contributed by atoms with van der Waals surface area (Å²) >= 11 is 2.92. The van der Waals surface area contributed by atoms with Crippen LogP contribution in [-0.2, 0) is 15.6 Å². The first-order valence-electron chi connectivity index (χ1n) is 6.19. The Labute approximate surface area is 127 Å². The van der Waals surface area contributed by atoms with Crippen molar-refractivity contribution in [3.05, 3.63) is 40.9 Å². The van der Waals surface area contributed by atoms with Crippen LogP contribution < -0.4 is 0 Å². The molecule has 1 heterocycles. The summed E-state index contributed by atoms with van der Waals surface area (Å²) in [6.45, 7) is 2.15. The van der Waals surface area contributed by atoms with Crippen molar-refractivity contribution >= 4 is 32.9 Å². The Morgan fingerprint density at radius 3 is 2.50 bits per heavy atom. The molecular weight excluding hydrogens is 312 g/mol. The third-order valence-electron chi connectivity index (χ3n) is 2.72. The average molecular weight is 328 g/mol. The number of hydrogen-bond donors (Lipinski definition) is 0. The Bertz CT molecular complexity index is 653. The van der Waals surface area contributed by atoms with E-state index in [9.17, 15) is 8.42 Å². The molecule has 0 amide bonds. The molecule has 2 aromatic rings. The number of sulfone groups is 1. The molecule has 0 spiro atoms. The quantitative estimate of drug-likeness (QED) is 0.814. The molecule has 0 bridgehead atoms. The summed E-state index contributed by atoms with van der Waals surface area (Å²) in [4.78, 5) is 0. The number of nitrogens with zero attached hydrogens (tertiary/aromatic N) is 2. The van der Waals surface area contributed by atoms with Crippen molar-refractivity contribution in [1.82, 2.24) is 10.2 Å². The van der Waals surface area contributed by atoms with Crippen molar-refractivity contribution in [3.63, 3.8) is 0 Å². The lowest BCUT2D eigenvalue weighted by Gasteiger charge is -2.13. The highest BCUT2D eigenvalue weighted by atomic mass is 32.2. The predicted molar refractivity (Wildman–Crippen MR) is 83.8 cm³/mol. The molecule has 4 nitrogen and oxygen atoms in total. The summed E-state index contributed by atoms with van der Waals surface area (Å²) in [6.07, 6.45) is 2.18. The maximum Gasteiger partial charge on any atom is 0.232 e. The summed E-state index contributed by atoms with van der Waals surface area (Å²) in [7, 11) is -3.24. The zero-order valence-corrected chi connectivity index (χ0v) is 13.8. The highest BCUT2D eigenvalue weighted by Gasteiger charge is 2.16. The second kappa shape index (κ2) is 6.69. The van der Waals surface area contributed by atoms with Crippen LogP contribution in [0.25, 0.3) is 0 Å². The standard InChI is InChI=1S/C13H16N2O2S3/c1-3-11(10-7-5-4-6-8-10)18-9-12-14-15-13(19-12)20(2,16)17/h4-8,11H,3,9H2,1-2H3. The van der Waals surface area contributed by atoms with Gasteiger partial charge >= 0.3 is 0 Å². The fourth-order valence-electron chi connectivity index (χ4n) is 1.74. The molecule has 7 heteroatoms. The van der Waals surface area contributed by atoms with Crippen LogP contribution in [0.15, 0.2) is 34.7 Å². The molecular formula is C13H16N2O2S3. The molecule has 1 aromatic heterocycles. The first-order chi connectivity index (χ1) is 9.50. The SMILES string of the molecule is CCC(SCc1nnc(S(C)(=O)=O)s1)c1ccccc1. The summed E-state index contributed by atoms with van der Waals surface area (Å²) in [5.41, 5.74) is 1.29. The summed E-state index contributed by atoms with van der Waals surface area (Å²) in [5, 5.41) is 8.83. The average Bonchev–Trinajstić information content (AvgIpc) is 2.89. The first kappa shape index (κ1) is 15.5. The molecule has 1 atom stereocenters. The van der Waals surface area contributed by atoms with Crippen LogP contribution in [0.5, 0.6) is 0 Å². The van der Waals surface area contributed by atoms with E-state index in [1.165, 1.54) is 5.56 Å². The number of hydrogen-bond acceptors (Lipinski definition) is 6. The lowest BCUT2D eigenvalue weighted by atomic mass is 10.1. The molecule has 0 N–H and O–H groups in total. The molecule has 0 fully saturated rings. The summed E-state index contributed by atoms with van der Waals surface area (Å²) in [6, 6.07) is 10.3. The van der Waals surface area contributed by atoms with Gasteiger partial charge in [0.05, 0.1) is 0 Å². The fourth-order valence-corrected chi connectivity index (χ4v) is 4.61. The Balaban J connectivity index is 2.02. The van der Waals surface area contributed by atoms with E-state index in [1.807, 2.05) is 18.2 Å². The van der Waals surface area contributed by atoms with Gasteiger partial charge in [0.15, 0.2) is 0 Å². The van der Waals surface area contributed by atoms with Crippen LogP contribution in [0.3, 0.4) is 0 Å². The van der Waals surface area contributed by atoms with E-state index in [4.69, 9.17) is 0 Å². The van der Waals surface area contributed by atoms with Gasteiger partial charge in [0.2, 0.25) is 14.2 Å². The Morgan fingerprint density at radius 1 is 1.25 bits per heavy atom. The first-order valence-corrected chi connectivity index (χ1v) is 9.95. The van der Waals surface area contributed by atoms with Gasteiger partial charge in [-0.2, -0.15) is 0 Å². The third kappa shape index (κ3) is 4.04. The third-order valence-corrected chi connectivity index (χ3v) is 6.94. The predicted octanol–water partition coefficient (Wildman–Crippen LogP) is 3.33. The lowest BCUT2D eigenvalue weighted by molar-refractivity contribution is 0.600. The Hall–Kier alpha value is -0.920. The van der Waals surface area contributed by atoms with Gasteiger partial charge in [-0.25, -0.2) is 8.42 Å². The van der Waals surface area contributed by atoms with Crippen LogP contribution >= 0.6 is 23.1 Å². The van der Waals surface area contributed by atoms with Gasteiger partial charge in [0, 0.05) is 17.3 Å². The number of aromatic nitrogens is 2. The molecule has 0 saturated heterocycles. The van der Waals surface area contributed by atoms with Crippen LogP contribution in [0, 0.1) is 0 Å². The van der Waals surface area contributed by atoms with Crippen LogP contribution in [0.1, 0.15) is 29.2 Å². The second-order valence-electron chi connectivity index (χ2n) is 4.35. The largest absolute Gasteiger partial charge is 0.232 e.